The maximum atomic E-state index is 12.6. The summed E-state index contributed by atoms with van der Waals surface area (Å²) in [5.74, 6) is 0.127. The number of benzene rings is 1. The first-order valence-corrected chi connectivity index (χ1v) is 9.77. The molecule has 134 valence electrons. The SMILES string of the molecule is CN(C(=O)c1cc(Nc2cccc(C#N)c2)ncn1)C1CCS(=O)(=O)C1. The molecule has 1 unspecified atom stereocenters. The van der Waals surface area contributed by atoms with Crippen LogP contribution in [0.3, 0.4) is 0 Å². The molecule has 1 N–H and O–H groups in total. The molecule has 1 aliphatic rings. The van der Waals surface area contributed by atoms with E-state index < -0.39 is 9.84 Å². The summed E-state index contributed by atoms with van der Waals surface area (Å²) in [5, 5.41) is 12.0. The van der Waals surface area contributed by atoms with Crippen LogP contribution in [-0.4, -0.2) is 53.8 Å². The highest BCUT2D eigenvalue weighted by atomic mass is 32.2. The van der Waals surface area contributed by atoms with Crippen molar-refractivity contribution in [3.63, 3.8) is 0 Å². The molecule has 1 aromatic heterocycles. The Morgan fingerprint density at radius 1 is 1.35 bits per heavy atom. The maximum Gasteiger partial charge on any atom is 0.272 e. The highest BCUT2D eigenvalue weighted by Crippen LogP contribution is 2.20. The second-order valence-electron chi connectivity index (χ2n) is 6.08. The van der Waals surface area contributed by atoms with Gasteiger partial charge in [-0.3, -0.25) is 4.79 Å². The van der Waals surface area contributed by atoms with E-state index in [1.54, 1.807) is 31.3 Å². The first kappa shape index (κ1) is 17.8. The van der Waals surface area contributed by atoms with Gasteiger partial charge < -0.3 is 10.2 Å². The lowest BCUT2D eigenvalue weighted by atomic mass is 10.2. The molecule has 0 aliphatic carbocycles. The molecule has 0 saturated carbocycles. The van der Waals surface area contributed by atoms with Crippen LogP contribution in [-0.2, 0) is 9.84 Å². The van der Waals surface area contributed by atoms with Gasteiger partial charge in [0.1, 0.15) is 17.8 Å². The molecule has 1 atom stereocenters. The van der Waals surface area contributed by atoms with E-state index in [-0.39, 0.29) is 29.1 Å². The quantitative estimate of drug-likeness (QED) is 0.862. The van der Waals surface area contributed by atoms with Crippen molar-refractivity contribution in [2.75, 3.05) is 23.9 Å². The summed E-state index contributed by atoms with van der Waals surface area (Å²) in [4.78, 5) is 22.1. The lowest BCUT2D eigenvalue weighted by Gasteiger charge is -2.23. The van der Waals surface area contributed by atoms with Crippen molar-refractivity contribution in [2.45, 2.75) is 12.5 Å². The molecule has 1 aliphatic heterocycles. The highest BCUT2D eigenvalue weighted by Gasteiger charge is 2.33. The first-order chi connectivity index (χ1) is 12.4. The van der Waals surface area contributed by atoms with E-state index in [4.69, 9.17) is 5.26 Å². The number of hydrogen-bond acceptors (Lipinski definition) is 7. The van der Waals surface area contributed by atoms with Gasteiger partial charge in [-0.25, -0.2) is 18.4 Å². The van der Waals surface area contributed by atoms with E-state index >= 15 is 0 Å². The zero-order valence-electron chi connectivity index (χ0n) is 14.1. The minimum absolute atomic E-state index is 0.0214. The van der Waals surface area contributed by atoms with Gasteiger partial charge in [0.25, 0.3) is 5.91 Å². The summed E-state index contributed by atoms with van der Waals surface area (Å²) >= 11 is 0. The number of anilines is 2. The average Bonchev–Trinajstić information content (AvgIpc) is 3.00. The van der Waals surface area contributed by atoms with Gasteiger partial charge in [-0.1, -0.05) is 6.07 Å². The number of nitriles is 1. The van der Waals surface area contributed by atoms with Gasteiger partial charge in [-0.2, -0.15) is 5.26 Å². The average molecular weight is 371 g/mol. The van der Waals surface area contributed by atoms with Crippen molar-refractivity contribution in [2.24, 2.45) is 0 Å². The Bertz CT molecular complexity index is 984. The summed E-state index contributed by atoms with van der Waals surface area (Å²) in [5.41, 5.74) is 1.34. The predicted molar refractivity (Wildman–Crippen MR) is 95.6 cm³/mol. The van der Waals surface area contributed by atoms with Crippen LogP contribution in [0.25, 0.3) is 0 Å². The molecule has 1 fully saturated rings. The van der Waals surface area contributed by atoms with E-state index in [1.165, 1.54) is 17.3 Å². The Hall–Kier alpha value is -2.99. The highest BCUT2D eigenvalue weighted by molar-refractivity contribution is 7.91. The van der Waals surface area contributed by atoms with Crippen LogP contribution in [0.1, 0.15) is 22.5 Å². The molecule has 0 radical (unpaired) electrons. The van der Waals surface area contributed by atoms with Gasteiger partial charge in [-0.05, 0) is 24.6 Å². The summed E-state index contributed by atoms with van der Waals surface area (Å²) in [6.07, 6.45) is 1.70. The Kier molecular flexibility index (Phi) is 4.86. The third-order valence-electron chi connectivity index (χ3n) is 4.23. The number of aromatic nitrogens is 2. The van der Waals surface area contributed by atoms with Gasteiger partial charge in [0.2, 0.25) is 0 Å². The Labute approximate surface area is 151 Å². The topological polar surface area (TPSA) is 116 Å². The fourth-order valence-corrected chi connectivity index (χ4v) is 4.56. The van der Waals surface area contributed by atoms with Crippen molar-refractivity contribution >= 4 is 27.2 Å². The van der Waals surface area contributed by atoms with Crippen LogP contribution >= 0.6 is 0 Å². The second kappa shape index (κ2) is 7.09. The lowest BCUT2D eigenvalue weighted by Crippen LogP contribution is -2.38. The maximum absolute atomic E-state index is 12.6. The fourth-order valence-electron chi connectivity index (χ4n) is 2.78. The zero-order valence-corrected chi connectivity index (χ0v) is 14.9. The van der Waals surface area contributed by atoms with Gasteiger partial charge in [0, 0.05) is 24.8 Å². The Morgan fingerprint density at radius 2 is 2.15 bits per heavy atom. The van der Waals surface area contributed by atoms with Gasteiger partial charge >= 0.3 is 0 Å². The lowest BCUT2D eigenvalue weighted by molar-refractivity contribution is 0.0741. The molecule has 1 saturated heterocycles. The second-order valence-corrected chi connectivity index (χ2v) is 8.31. The van der Waals surface area contributed by atoms with E-state index in [2.05, 4.69) is 21.4 Å². The third kappa shape index (κ3) is 3.97. The number of nitrogens with zero attached hydrogens (tertiary/aromatic N) is 4. The number of nitrogens with one attached hydrogen (secondary N) is 1. The van der Waals surface area contributed by atoms with Gasteiger partial charge in [0.15, 0.2) is 9.84 Å². The number of carbonyl (C=O) groups is 1. The van der Waals surface area contributed by atoms with Crippen LogP contribution in [0.5, 0.6) is 0 Å². The molecule has 8 nitrogen and oxygen atoms in total. The normalized spacial score (nSPS) is 18.1. The zero-order chi connectivity index (χ0) is 18.7. The molecule has 1 amide bonds. The van der Waals surface area contributed by atoms with Gasteiger partial charge in [-0.15, -0.1) is 0 Å². The Balaban J connectivity index is 1.76. The van der Waals surface area contributed by atoms with E-state index in [9.17, 15) is 13.2 Å². The van der Waals surface area contributed by atoms with E-state index in [0.717, 1.165) is 0 Å². The van der Waals surface area contributed by atoms with Crippen molar-refractivity contribution in [3.05, 3.63) is 47.9 Å². The summed E-state index contributed by atoms with van der Waals surface area (Å²) in [6, 6.07) is 10.1. The van der Waals surface area contributed by atoms with Crippen LogP contribution in [0, 0.1) is 11.3 Å². The fraction of sp³-hybridized carbons (Fsp3) is 0.294. The molecule has 0 bridgehead atoms. The van der Waals surface area contributed by atoms with Crippen LogP contribution in [0.4, 0.5) is 11.5 Å². The standard InChI is InChI=1S/C17H17N5O3S/c1-22(14-5-6-26(24,25)10-14)17(23)15-8-16(20-11-19-15)21-13-4-2-3-12(7-13)9-18/h2-4,7-8,11,14H,5-6,10H2,1H3,(H,19,20,21). The van der Waals surface area contributed by atoms with E-state index in [0.29, 0.717) is 23.5 Å². The number of carbonyl (C=O) groups excluding carboxylic acids is 1. The van der Waals surface area contributed by atoms with Gasteiger partial charge in [0.05, 0.1) is 23.1 Å². The first-order valence-electron chi connectivity index (χ1n) is 7.95. The largest absolute Gasteiger partial charge is 0.340 e. The van der Waals surface area contributed by atoms with Crippen LogP contribution in [0.15, 0.2) is 36.7 Å². The Morgan fingerprint density at radius 3 is 2.85 bits per heavy atom. The number of hydrogen-bond donors (Lipinski definition) is 1. The molecule has 1 aromatic carbocycles. The van der Waals surface area contributed by atoms with Crippen molar-refractivity contribution < 1.29 is 13.2 Å². The van der Waals surface area contributed by atoms with Crippen molar-refractivity contribution in [1.82, 2.24) is 14.9 Å². The van der Waals surface area contributed by atoms with Crippen LogP contribution < -0.4 is 5.32 Å². The molecule has 3 rings (SSSR count). The third-order valence-corrected chi connectivity index (χ3v) is 5.98. The smallest absolute Gasteiger partial charge is 0.272 e. The minimum Gasteiger partial charge on any atom is -0.340 e. The number of amides is 1. The van der Waals surface area contributed by atoms with Crippen molar-refractivity contribution in [1.29, 1.82) is 5.26 Å². The number of sulfone groups is 1. The minimum atomic E-state index is -3.08. The van der Waals surface area contributed by atoms with Crippen LogP contribution in [0.2, 0.25) is 0 Å². The molecule has 26 heavy (non-hydrogen) atoms. The molecule has 0 spiro atoms. The summed E-state index contributed by atoms with van der Waals surface area (Å²) < 4.78 is 23.2. The molecule has 2 aromatic rings. The van der Waals surface area contributed by atoms with E-state index in [1.807, 2.05) is 0 Å². The number of rotatable bonds is 4. The molecular formula is C17H17N5O3S. The molecule has 9 heteroatoms. The molecular weight excluding hydrogens is 354 g/mol. The summed E-state index contributed by atoms with van der Waals surface area (Å²) in [7, 11) is -1.49. The van der Waals surface area contributed by atoms with Crippen molar-refractivity contribution in [3.8, 4) is 6.07 Å². The predicted octanol–water partition coefficient (Wildman–Crippen LogP) is 1.35. The molecule has 2 heterocycles. The monoisotopic (exact) mass is 371 g/mol. The summed E-state index contributed by atoms with van der Waals surface area (Å²) in [6.45, 7) is 0.